The minimum Gasteiger partial charge on any atom is -0.493 e. The Bertz CT molecular complexity index is 1740. The van der Waals surface area contributed by atoms with E-state index in [1.54, 1.807) is 47.8 Å². The molecule has 0 saturated carbocycles. The number of methoxy groups -OCH3 is 5. The molecule has 1 N–H and O–H groups in total. The number of carbonyl (C=O) groups is 1. The van der Waals surface area contributed by atoms with E-state index in [4.69, 9.17) is 38.0 Å². The summed E-state index contributed by atoms with van der Waals surface area (Å²) in [4.78, 5) is 25.4. The number of fused-ring (bicyclic) bond motifs is 2. The molecule has 2 atom stereocenters. The van der Waals surface area contributed by atoms with Crippen LogP contribution in [0.5, 0.6) is 40.2 Å². The first-order valence-corrected chi connectivity index (χ1v) is 16.9. The number of hydrogen-bond acceptors (Lipinski definition) is 11. The lowest BCUT2D eigenvalue weighted by Gasteiger charge is -2.21. The first kappa shape index (κ1) is 34.8. The molecule has 1 unspecified atom stereocenters. The maximum absolute atomic E-state index is 13.1. The number of hydroxylamine groups is 1. The Kier molecular flexibility index (Phi) is 11.2. The van der Waals surface area contributed by atoms with Gasteiger partial charge in [0.2, 0.25) is 5.75 Å². The lowest BCUT2D eigenvalue weighted by Crippen LogP contribution is -2.35. The van der Waals surface area contributed by atoms with Crippen molar-refractivity contribution >= 4 is 17.8 Å². The van der Waals surface area contributed by atoms with E-state index >= 15 is 0 Å². The van der Waals surface area contributed by atoms with E-state index in [1.807, 2.05) is 47.5 Å². The normalized spacial score (nSPS) is 17.5. The molecule has 12 nitrogen and oxygen atoms in total. The van der Waals surface area contributed by atoms with Crippen molar-refractivity contribution < 1.29 is 42.8 Å². The molecule has 3 heterocycles. The number of aliphatic imine (C=N–C) groups is 1. The van der Waals surface area contributed by atoms with Gasteiger partial charge in [0.15, 0.2) is 34.5 Å². The second kappa shape index (κ2) is 16.1. The van der Waals surface area contributed by atoms with Crippen molar-refractivity contribution in [3.8, 4) is 51.4 Å². The molecule has 3 aliphatic rings. The van der Waals surface area contributed by atoms with Crippen molar-refractivity contribution in [1.82, 2.24) is 10.4 Å². The maximum Gasteiger partial charge on any atom is 0.256 e. The van der Waals surface area contributed by atoms with Crippen LogP contribution in [0.15, 0.2) is 53.7 Å². The molecular weight excluding hydrogens is 642 g/mol. The SMILES string of the molecule is COc1cc2c(cc1OCCCCCCOc1cc(C3C=CNO3)cc(-c3ccc(OC)c(OC)c3OC)c1OC)N=C[C@@H]1CCCN1C2=O. The smallest absolute Gasteiger partial charge is 0.256 e. The van der Waals surface area contributed by atoms with E-state index in [0.29, 0.717) is 64.7 Å². The van der Waals surface area contributed by atoms with Crippen molar-refractivity contribution in [1.29, 1.82) is 0 Å². The van der Waals surface area contributed by atoms with Crippen LogP contribution in [-0.4, -0.2) is 78.4 Å². The van der Waals surface area contributed by atoms with Gasteiger partial charge >= 0.3 is 0 Å². The average molecular weight is 688 g/mol. The molecule has 266 valence electrons. The van der Waals surface area contributed by atoms with E-state index in [1.165, 1.54) is 0 Å². The molecule has 6 rings (SSSR count). The van der Waals surface area contributed by atoms with Crippen LogP contribution in [-0.2, 0) is 4.84 Å². The van der Waals surface area contributed by atoms with Gasteiger partial charge in [-0.3, -0.25) is 20.1 Å². The van der Waals surface area contributed by atoms with Crippen LogP contribution in [0.25, 0.3) is 11.1 Å². The number of nitrogens with one attached hydrogen (secondary N) is 1. The zero-order chi connectivity index (χ0) is 35.0. The van der Waals surface area contributed by atoms with Gasteiger partial charge < -0.3 is 38.1 Å². The van der Waals surface area contributed by atoms with E-state index in [-0.39, 0.29) is 18.1 Å². The van der Waals surface area contributed by atoms with Crippen LogP contribution in [0.4, 0.5) is 5.69 Å². The second-order valence-electron chi connectivity index (χ2n) is 12.1. The second-order valence-corrected chi connectivity index (χ2v) is 12.1. The zero-order valence-corrected chi connectivity index (χ0v) is 29.3. The number of nitrogens with zero attached hydrogens (tertiary/aromatic N) is 2. The van der Waals surface area contributed by atoms with E-state index in [0.717, 1.165) is 61.8 Å². The topological polar surface area (TPSA) is 119 Å². The number of ether oxygens (including phenoxy) is 7. The third kappa shape index (κ3) is 7.11. The quantitative estimate of drug-likeness (QED) is 0.161. The Balaban J connectivity index is 1.08. The van der Waals surface area contributed by atoms with Crippen LogP contribution in [0.1, 0.15) is 60.6 Å². The van der Waals surface area contributed by atoms with Crippen LogP contribution in [0.3, 0.4) is 0 Å². The fourth-order valence-corrected chi connectivity index (χ4v) is 6.62. The number of hydrogen-bond donors (Lipinski definition) is 1. The Labute approximate surface area is 292 Å². The minimum absolute atomic E-state index is 0.00551. The highest BCUT2D eigenvalue weighted by atomic mass is 16.7. The Morgan fingerprint density at radius 1 is 0.760 bits per heavy atom. The van der Waals surface area contributed by atoms with Gasteiger partial charge in [0.05, 0.1) is 66.1 Å². The summed E-state index contributed by atoms with van der Waals surface area (Å²) in [6.07, 6.45) is 10.8. The first-order valence-electron chi connectivity index (χ1n) is 16.9. The number of amides is 1. The molecule has 3 aromatic carbocycles. The third-order valence-corrected chi connectivity index (χ3v) is 9.15. The summed E-state index contributed by atoms with van der Waals surface area (Å²) in [5, 5.41) is 0. The molecule has 0 radical (unpaired) electrons. The van der Waals surface area contributed by atoms with E-state index in [2.05, 4.69) is 10.5 Å². The molecule has 1 amide bonds. The van der Waals surface area contributed by atoms with Crippen molar-refractivity contribution in [3.05, 3.63) is 59.8 Å². The number of rotatable bonds is 16. The highest BCUT2D eigenvalue weighted by Gasteiger charge is 2.32. The summed E-state index contributed by atoms with van der Waals surface area (Å²) in [7, 11) is 7.97. The zero-order valence-electron chi connectivity index (χ0n) is 29.3. The summed E-state index contributed by atoms with van der Waals surface area (Å²) in [6, 6.07) is 11.3. The van der Waals surface area contributed by atoms with E-state index in [9.17, 15) is 4.79 Å². The van der Waals surface area contributed by atoms with Gasteiger partial charge in [0, 0.05) is 36.2 Å². The standard InChI is InChI=1S/C38H45N3O9/c1-43-31-13-12-26(36(46-4)37(31)47-5)27-19-24(30-14-15-40-50-30)20-34(35(27)45-3)49-18-9-7-6-8-17-48-33-22-29-28(21-32(33)44-2)38(42)41-16-10-11-25(41)23-39-29/h12-15,19-23,25,30,40H,6-11,16-18H2,1-5H3/t25-,30?/m0/s1. The van der Waals surface area contributed by atoms with E-state index < -0.39 is 0 Å². The van der Waals surface area contributed by atoms with Gasteiger partial charge in [-0.25, -0.2) is 0 Å². The molecule has 0 spiro atoms. The summed E-state index contributed by atoms with van der Waals surface area (Å²) in [5.41, 5.74) is 6.38. The molecule has 3 aliphatic heterocycles. The molecule has 50 heavy (non-hydrogen) atoms. The van der Waals surface area contributed by atoms with Gasteiger partial charge in [-0.05, 0) is 80.5 Å². The Morgan fingerprint density at radius 2 is 1.50 bits per heavy atom. The molecule has 3 aromatic rings. The van der Waals surface area contributed by atoms with Gasteiger partial charge in [0.1, 0.15) is 6.10 Å². The van der Waals surface area contributed by atoms with Crippen LogP contribution >= 0.6 is 0 Å². The number of carbonyl (C=O) groups excluding carboxylic acids is 1. The van der Waals surface area contributed by atoms with Gasteiger partial charge in [-0.2, -0.15) is 0 Å². The lowest BCUT2D eigenvalue weighted by molar-refractivity contribution is 0.0468. The molecule has 12 heteroatoms. The first-order chi connectivity index (χ1) is 24.5. The molecule has 1 saturated heterocycles. The predicted molar refractivity (Wildman–Crippen MR) is 189 cm³/mol. The maximum atomic E-state index is 13.1. The van der Waals surface area contributed by atoms with Crippen molar-refractivity contribution in [2.75, 3.05) is 55.3 Å². The summed E-state index contributed by atoms with van der Waals surface area (Å²) in [6.45, 7) is 1.75. The third-order valence-electron chi connectivity index (χ3n) is 9.15. The molecule has 0 aromatic heterocycles. The summed E-state index contributed by atoms with van der Waals surface area (Å²) < 4.78 is 40.9. The van der Waals surface area contributed by atoms with Crippen LogP contribution in [0.2, 0.25) is 0 Å². The van der Waals surface area contributed by atoms with Gasteiger partial charge in [-0.1, -0.05) is 0 Å². The summed E-state index contributed by atoms with van der Waals surface area (Å²) in [5.74, 6) is 3.84. The van der Waals surface area contributed by atoms with Crippen molar-refractivity contribution in [2.24, 2.45) is 4.99 Å². The van der Waals surface area contributed by atoms with Crippen molar-refractivity contribution in [2.45, 2.75) is 50.7 Å². The fraction of sp³-hybridized carbons (Fsp3) is 0.421. The lowest BCUT2D eigenvalue weighted by atomic mass is 9.97. The molecule has 1 fully saturated rings. The van der Waals surface area contributed by atoms with Crippen LogP contribution < -0.4 is 38.6 Å². The average Bonchev–Trinajstić information content (AvgIpc) is 3.85. The van der Waals surface area contributed by atoms with Crippen molar-refractivity contribution in [3.63, 3.8) is 0 Å². The largest absolute Gasteiger partial charge is 0.493 e. The predicted octanol–water partition coefficient (Wildman–Crippen LogP) is 6.82. The summed E-state index contributed by atoms with van der Waals surface area (Å²) >= 11 is 0. The highest BCUT2D eigenvalue weighted by molar-refractivity contribution is 6.03. The van der Waals surface area contributed by atoms with Gasteiger partial charge in [0.25, 0.3) is 5.91 Å². The van der Waals surface area contributed by atoms with Gasteiger partial charge in [-0.15, -0.1) is 0 Å². The highest BCUT2D eigenvalue weighted by Crippen LogP contribution is 2.50. The Morgan fingerprint density at radius 3 is 2.18 bits per heavy atom. The number of benzene rings is 3. The molecule has 0 aliphatic carbocycles. The van der Waals surface area contributed by atoms with Crippen LogP contribution in [0, 0.1) is 0 Å². The fourth-order valence-electron chi connectivity index (χ4n) is 6.62. The molecule has 0 bridgehead atoms. The monoisotopic (exact) mass is 687 g/mol. The molecular formula is C38H45N3O9. The Hall–Kier alpha value is -5.10. The number of unbranched alkanes of at least 4 members (excludes halogenated alkanes) is 3. The minimum atomic E-state index is -0.309.